The van der Waals surface area contributed by atoms with Gasteiger partial charge in [0.25, 0.3) is 0 Å². The number of hydrogen-bond donors (Lipinski definition) is 1. The summed E-state index contributed by atoms with van der Waals surface area (Å²) in [6.07, 6.45) is 0.714. The SMILES string of the molecule is CCCN(C(C)=O)C(C)(COC)C(=O)O. The average Bonchev–Trinajstić information content (AvgIpc) is 2.13. The van der Waals surface area contributed by atoms with Crippen LogP contribution in [-0.4, -0.2) is 47.7 Å². The van der Waals surface area contributed by atoms with E-state index in [1.807, 2.05) is 6.92 Å². The van der Waals surface area contributed by atoms with Crippen LogP contribution in [0.2, 0.25) is 0 Å². The molecule has 0 aromatic rings. The maximum absolute atomic E-state index is 11.4. The second kappa shape index (κ2) is 5.70. The number of rotatable bonds is 6. The molecule has 0 heterocycles. The van der Waals surface area contributed by atoms with Crippen molar-refractivity contribution in [3.8, 4) is 0 Å². The Hall–Kier alpha value is -1.10. The Morgan fingerprint density at radius 2 is 2.00 bits per heavy atom. The van der Waals surface area contributed by atoms with E-state index >= 15 is 0 Å². The summed E-state index contributed by atoms with van der Waals surface area (Å²) in [6, 6.07) is 0. The van der Waals surface area contributed by atoms with E-state index in [1.54, 1.807) is 0 Å². The minimum Gasteiger partial charge on any atom is -0.479 e. The number of hydrogen-bond acceptors (Lipinski definition) is 3. The molecule has 5 heteroatoms. The number of carbonyl (C=O) groups excluding carboxylic acids is 1. The number of amides is 1. The zero-order chi connectivity index (χ0) is 12.1. The maximum Gasteiger partial charge on any atom is 0.331 e. The van der Waals surface area contributed by atoms with Crippen LogP contribution >= 0.6 is 0 Å². The molecule has 0 bridgehead atoms. The highest BCUT2D eigenvalue weighted by atomic mass is 16.5. The predicted molar refractivity (Wildman–Crippen MR) is 55.6 cm³/mol. The molecular weight excluding hydrogens is 198 g/mol. The molecule has 88 valence electrons. The number of carboxylic acids is 1. The van der Waals surface area contributed by atoms with E-state index in [9.17, 15) is 9.59 Å². The van der Waals surface area contributed by atoms with Crippen LogP contribution in [-0.2, 0) is 14.3 Å². The Morgan fingerprint density at radius 1 is 1.47 bits per heavy atom. The monoisotopic (exact) mass is 217 g/mol. The van der Waals surface area contributed by atoms with Crippen LogP contribution in [0.3, 0.4) is 0 Å². The summed E-state index contributed by atoms with van der Waals surface area (Å²) in [6.45, 7) is 5.16. The molecular formula is C10H19NO4. The molecule has 0 radical (unpaired) electrons. The summed E-state index contributed by atoms with van der Waals surface area (Å²) in [5.41, 5.74) is -1.28. The van der Waals surface area contributed by atoms with Gasteiger partial charge in [0.05, 0.1) is 6.61 Å². The standard InChI is InChI=1S/C10H19NO4/c1-5-6-11(8(2)12)10(3,7-15-4)9(13)14/h5-7H2,1-4H3,(H,13,14). The second-order valence-corrected chi connectivity index (χ2v) is 3.68. The lowest BCUT2D eigenvalue weighted by Crippen LogP contribution is -2.57. The molecule has 0 saturated heterocycles. The van der Waals surface area contributed by atoms with E-state index in [2.05, 4.69) is 0 Å². The average molecular weight is 217 g/mol. The highest BCUT2D eigenvalue weighted by molar-refractivity contribution is 5.85. The van der Waals surface area contributed by atoms with Crippen molar-refractivity contribution >= 4 is 11.9 Å². The minimum absolute atomic E-state index is 0.0120. The first-order chi connectivity index (χ1) is 6.90. The fourth-order valence-corrected chi connectivity index (χ4v) is 1.51. The highest BCUT2D eigenvalue weighted by Gasteiger charge is 2.40. The summed E-state index contributed by atoms with van der Waals surface area (Å²) in [4.78, 5) is 23.9. The van der Waals surface area contributed by atoms with Gasteiger partial charge in [-0.05, 0) is 13.3 Å². The molecule has 0 aliphatic heterocycles. The summed E-state index contributed by atoms with van der Waals surface area (Å²) in [5, 5.41) is 9.14. The fraction of sp³-hybridized carbons (Fsp3) is 0.800. The summed E-state index contributed by atoms with van der Waals surface area (Å²) in [5.74, 6) is -1.30. The molecule has 0 spiro atoms. The molecule has 0 saturated carbocycles. The van der Waals surface area contributed by atoms with Gasteiger partial charge >= 0.3 is 5.97 Å². The number of methoxy groups -OCH3 is 1. The van der Waals surface area contributed by atoms with Gasteiger partial charge in [-0.25, -0.2) is 4.79 Å². The Balaban J connectivity index is 4.98. The molecule has 0 rings (SSSR count). The van der Waals surface area contributed by atoms with Gasteiger partial charge in [-0.1, -0.05) is 6.92 Å². The van der Waals surface area contributed by atoms with Crippen molar-refractivity contribution in [1.29, 1.82) is 0 Å². The number of carbonyl (C=O) groups is 2. The van der Waals surface area contributed by atoms with Gasteiger partial charge in [-0.3, -0.25) is 4.79 Å². The second-order valence-electron chi connectivity index (χ2n) is 3.68. The maximum atomic E-state index is 11.4. The zero-order valence-corrected chi connectivity index (χ0v) is 9.74. The minimum atomic E-state index is -1.28. The van der Waals surface area contributed by atoms with E-state index < -0.39 is 11.5 Å². The first kappa shape index (κ1) is 13.9. The van der Waals surface area contributed by atoms with Crippen LogP contribution in [0.4, 0.5) is 0 Å². The topological polar surface area (TPSA) is 66.8 Å². The van der Waals surface area contributed by atoms with Gasteiger partial charge in [-0.15, -0.1) is 0 Å². The van der Waals surface area contributed by atoms with Crippen molar-refractivity contribution in [1.82, 2.24) is 4.90 Å². The van der Waals surface area contributed by atoms with Crippen molar-refractivity contribution in [2.24, 2.45) is 0 Å². The zero-order valence-electron chi connectivity index (χ0n) is 9.74. The van der Waals surface area contributed by atoms with Crippen molar-refractivity contribution in [3.05, 3.63) is 0 Å². The Morgan fingerprint density at radius 3 is 2.27 bits per heavy atom. The van der Waals surface area contributed by atoms with Crippen LogP contribution in [0.25, 0.3) is 0 Å². The van der Waals surface area contributed by atoms with Gasteiger partial charge in [0.2, 0.25) is 5.91 Å². The van der Waals surface area contributed by atoms with Gasteiger partial charge < -0.3 is 14.7 Å². The number of carboxylic acid groups (broad SMARTS) is 1. The number of aliphatic carboxylic acids is 1. The molecule has 0 aromatic carbocycles. The van der Waals surface area contributed by atoms with E-state index in [0.717, 1.165) is 0 Å². The predicted octanol–water partition coefficient (Wildman–Crippen LogP) is 0.735. The normalized spacial score (nSPS) is 14.4. The highest BCUT2D eigenvalue weighted by Crippen LogP contribution is 2.17. The first-order valence-electron chi connectivity index (χ1n) is 4.90. The van der Waals surface area contributed by atoms with Crippen LogP contribution in [0.5, 0.6) is 0 Å². The largest absolute Gasteiger partial charge is 0.479 e. The van der Waals surface area contributed by atoms with E-state index in [0.29, 0.717) is 13.0 Å². The van der Waals surface area contributed by atoms with E-state index in [1.165, 1.54) is 25.9 Å². The molecule has 5 nitrogen and oxygen atoms in total. The molecule has 0 aliphatic rings. The molecule has 1 atom stereocenters. The first-order valence-corrected chi connectivity index (χ1v) is 4.90. The van der Waals surface area contributed by atoms with Crippen molar-refractivity contribution in [2.45, 2.75) is 32.7 Å². The van der Waals surface area contributed by atoms with E-state index in [4.69, 9.17) is 9.84 Å². The van der Waals surface area contributed by atoms with Gasteiger partial charge in [0.1, 0.15) is 0 Å². The lowest BCUT2D eigenvalue weighted by molar-refractivity contribution is -0.161. The molecule has 1 N–H and O–H groups in total. The molecule has 0 aliphatic carbocycles. The van der Waals surface area contributed by atoms with Gasteiger partial charge in [-0.2, -0.15) is 0 Å². The third kappa shape index (κ3) is 3.20. The van der Waals surface area contributed by atoms with Crippen molar-refractivity contribution in [3.63, 3.8) is 0 Å². The van der Waals surface area contributed by atoms with Crippen molar-refractivity contribution < 1.29 is 19.4 Å². The van der Waals surface area contributed by atoms with Crippen LogP contribution in [0.15, 0.2) is 0 Å². The lowest BCUT2D eigenvalue weighted by atomic mass is 10.0. The Kier molecular flexibility index (Phi) is 5.28. The summed E-state index contributed by atoms with van der Waals surface area (Å²) in [7, 11) is 1.42. The molecule has 1 unspecified atom stereocenters. The Labute approximate surface area is 90.0 Å². The smallest absolute Gasteiger partial charge is 0.331 e. The molecule has 1 amide bonds. The number of nitrogens with zero attached hydrogens (tertiary/aromatic N) is 1. The quantitative estimate of drug-likeness (QED) is 0.712. The summed E-state index contributed by atoms with van der Waals surface area (Å²) >= 11 is 0. The molecule has 0 aromatic heterocycles. The Bertz CT molecular complexity index is 242. The van der Waals surface area contributed by atoms with Crippen LogP contribution < -0.4 is 0 Å². The van der Waals surface area contributed by atoms with Crippen LogP contribution in [0.1, 0.15) is 27.2 Å². The van der Waals surface area contributed by atoms with Crippen molar-refractivity contribution in [2.75, 3.05) is 20.3 Å². The molecule has 15 heavy (non-hydrogen) atoms. The summed E-state index contributed by atoms with van der Waals surface area (Å²) < 4.78 is 4.87. The lowest BCUT2D eigenvalue weighted by Gasteiger charge is -2.36. The molecule has 0 fully saturated rings. The number of ether oxygens (including phenoxy) is 1. The van der Waals surface area contributed by atoms with E-state index in [-0.39, 0.29) is 12.5 Å². The van der Waals surface area contributed by atoms with Gasteiger partial charge in [0, 0.05) is 20.6 Å². The fourth-order valence-electron chi connectivity index (χ4n) is 1.51. The van der Waals surface area contributed by atoms with Gasteiger partial charge in [0.15, 0.2) is 5.54 Å². The third-order valence-corrected chi connectivity index (χ3v) is 2.31. The third-order valence-electron chi connectivity index (χ3n) is 2.31. The van der Waals surface area contributed by atoms with Crippen LogP contribution in [0, 0.1) is 0 Å².